The maximum atomic E-state index is 11.9. The number of ether oxygens (including phenoxy) is 2. The average molecular weight is 292 g/mol. The number of hydrogen-bond donors (Lipinski definition) is 0. The number of aromatic nitrogens is 1. The smallest absolute Gasteiger partial charge is 0.339 e. The summed E-state index contributed by atoms with van der Waals surface area (Å²) in [7, 11) is 1.34. The predicted molar refractivity (Wildman–Crippen MR) is 75.6 cm³/mol. The minimum atomic E-state index is -0.403. The summed E-state index contributed by atoms with van der Waals surface area (Å²) >= 11 is 0. The molecule has 114 valence electrons. The number of hydrogen-bond acceptors (Lipinski definition) is 6. The van der Waals surface area contributed by atoms with Gasteiger partial charge in [-0.25, -0.2) is 4.79 Å². The summed E-state index contributed by atoms with van der Waals surface area (Å²) < 4.78 is 9.73. The van der Waals surface area contributed by atoms with Gasteiger partial charge in [-0.1, -0.05) is 0 Å². The largest absolute Gasteiger partial charge is 0.465 e. The minimum Gasteiger partial charge on any atom is -0.465 e. The van der Waals surface area contributed by atoms with E-state index in [0.717, 1.165) is 25.1 Å². The maximum absolute atomic E-state index is 11.9. The molecule has 2 heterocycles. The third-order valence-electron chi connectivity index (χ3n) is 3.53. The van der Waals surface area contributed by atoms with Crippen LogP contribution in [0.25, 0.3) is 0 Å². The van der Waals surface area contributed by atoms with E-state index in [9.17, 15) is 9.59 Å². The van der Waals surface area contributed by atoms with Crippen LogP contribution in [-0.4, -0.2) is 48.1 Å². The summed E-state index contributed by atoms with van der Waals surface area (Å²) in [6.45, 7) is 3.63. The molecule has 1 aromatic rings. The molecular formula is C15H20N2O4. The second-order valence-electron chi connectivity index (χ2n) is 4.91. The zero-order valence-electron chi connectivity index (χ0n) is 12.4. The van der Waals surface area contributed by atoms with Crippen LogP contribution in [0.4, 0.5) is 0 Å². The lowest BCUT2D eigenvalue weighted by molar-refractivity contribution is -0.148. The topological polar surface area (TPSA) is 68.7 Å². The van der Waals surface area contributed by atoms with Gasteiger partial charge in [0.1, 0.15) is 6.04 Å². The van der Waals surface area contributed by atoms with Crippen molar-refractivity contribution in [2.24, 2.45) is 0 Å². The number of methoxy groups -OCH3 is 1. The van der Waals surface area contributed by atoms with Crippen LogP contribution in [0.5, 0.6) is 0 Å². The third-order valence-corrected chi connectivity index (χ3v) is 3.53. The molecule has 1 atom stereocenters. The van der Waals surface area contributed by atoms with Crippen LogP contribution >= 0.6 is 0 Å². The van der Waals surface area contributed by atoms with Gasteiger partial charge < -0.3 is 9.47 Å². The molecule has 1 aliphatic rings. The van der Waals surface area contributed by atoms with E-state index in [2.05, 4.69) is 14.6 Å². The molecule has 0 aromatic carbocycles. The molecule has 2 rings (SSSR count). The molecule has 1 aliphatic heterocycles. The van der Waals surface area contributed by atoms with Gasteiger partial charge >= 0.3 is 11.9 Å². The molecule has 6 nitrogen and oxygen atoms in total. The van der Waals surface area contributed by atoms with Gasteiger partial charge in [0.05, 0.1) is 25.0 Å². The van der Waals surface area contributed by atoms with Crippen molar-refractivity contribution in [2.45, 2.75) is 32.4 Å². The van der Waals surface area contributed by atoms with E-state index in [0.29, 0.717) is 18.7 Å². The Balaban J connectivity index is 2.00. The van der Waals surface area contributed by atoms with Crippen molar-refractivity contribution >= 4 is 11.9 Å². The predicted octanol–water partition coefficient (Wildman–Crippen LogP) is 1.40. The summed E-state index contributed by atoms with van der Waals surface area (Å²) in [6, 6.07) is 3.28. The second-order valence-corrected chi connectivity index (χ2v) is 4.91. The molecule has 0 bridgehead atoms. The molecule has 0 radical (unpaired) electrons. The molecular weight excluding hydrogens is 272 g/mol. The highest BCUT2D eigenvalue weighted by Crippen LogP contribution is 2.20. The Morgan fingerprint density at radius 1 is 1.43 bits per heavy atom. The van der Waals surface area contributed by atoms with Gasteiger partial charge in [-0.2, -0.15) is 0 Å². The van der Waals surface area contributed by atoms with Crippen LogP contribution in [0.3, 0.4) is 0 Å². The van der Waals surface area contributed by atoms with Crippen molar-refractivity contribution < 1.29 is 19.1 Å². The van der Waals surface area contributed by atoms with Crippen molar-refractivity contribution in [3.63, 3.8) is 0 Å². The maximum Gasteiger partial charge on any atom is 0.339 e. The van der Waals surface area contributed by atoms with Crippen molar-refractivity contribution in [2.75, 3.05) is 20.3 Å². The molecule has 0 saturated carbocycles. The van der Waals surface area contributed by atoms with Crippen LogP contribution in [0.15, 0.2) is 18.3 Å². The third kappa shape index (κ3) is 3.78. The number of carbonyl (C=O) groups is 2. The molecule has 1 saturated heterocycles. The Morgan fingerprint density at radius 2 is 2.24 bits per heavy atom. The Bertz CT molecular complexity index is 501. The Morgan fingerprint density at radius 3 is 2.86 bits per heavy atom. The Kier molecular flexibility index (Phi) is 5.27. The molecule has 0 N–H and O–H groups in total. The van der Waals surface area contributed by atoms with Crippen LogP contribution < -0.4 is 0 Å². The standard InChI is InChI=1S/C15H20N2O4/c1-3-21-15(19)13-5-4-8-17(13)10-12-7-6-11(9-16-12)14(18)20-2/h6-7,9,13H,3-5,8,10H2,1-2H3. The van der Waals surface area contributed by atoms with E-state index in [4.69, 9.17) is 4.74 Å². The number of pyridine rings is 1. The summed E-state index contributed by atoms with van der Waals surface area (Å²) in [5, 5.41) is 0. The summed E-state index contributed by atoms with van der Waals surface area (Å²) in [4.78, 5) is 29.6. The normalized spacial score (nSPS) is 18.5. The lowest BCUT2D eigenvalue weighted by Crippen LogP contribution is -2.37. The number of nitrogens with zero attached hydrogens (tertiary/aromatic N) is 2. The Hall–Kier alpha value is -1.95. The van der Waals surface area contributed by atoms with Gasteiger partial charge in [0.2, 0.25) is 0 Å². The highest BCUT2D eigenvalue weighted by atomic mass is 16.5. The molecule has 0 amide bonds. The van der Waals surface area contributed by atoms with E-state index >= 15 is 0 Å². The SMILES string of the molecule is CCOC(=O)C1CCCN1Cc1ccc(C(=O)OC)cn1. The van der Waals surface area contributed by atoms with Gasteiger partial charge in [0.15, 0.2) is 0 Å². The molecule has 21 heavy (non-hydrogen) atoms. The van der Waals surface area contributed by atoms with Crippen molar-refractivity contribution in [1.29, 1.82) is 0 Å². The van der Waals surface area contributed by atoms with Crippen LogP contribution in [0.2, 0.25) is 0 Å². The van der Waals surface area contributed by atoms with Gasteiger partial charge in [-0.15, -0.1) is 0 Å². The van der Waals surface area contributed by atoms with Crippen LogP contribution in [0, 0.1) is 0 Å². The van der Waals surface area contributed by atoms with Crippen LogP contribution in [-0.2, 0) is 20.8 Å². The number of likely N-dealkylation sites (tertiary alicyclic amines) is 1. The first-order chi connectivity index (χ1) is 10.2. The molecule has 0 spiro atoms. The Labute approximate surface area is 124 Å². The summed E-state index contributed by atoms with van der Waals surface area (Å²) in [6.07, 6.45) is 3.29. The lowest BCUT2D eigenvalue weighted by atomic mass is 10.2. The molecule has 1 fully saturated rings. The monoisotopic (exact) mass is 292 g/mol. The summed E-state index contributed by atoms with van der Waals surface area (Å²) in [5.41, 5.74) is 1.24. The fourth-order valence-corrected chi connectivity index (χ4v) is 2.49. The number of carbonyl (C=O) groups excluding carboxylic acids is 2. The number of rotatable bonds is 5. The molecule has 0 aliphatic carbocycles. The highest BCUT2D eigenvalue weighted by molar-refractivity contribution is 5.88. The van der Waals surface area contributed by atoms with Gasteiger partial charge in [0, 0.05) is 12.7 Å². The fourth-order valence-electron chi connectivity index (χ4n) is 2.49. The van der Waals surface area contributed by atoms with Crippen LogP contribution in [0.1, 0.15) is 35.8 Å². The average Bonchev–Trinajstić information content (AvgIpc) is 2.95. The quantitative estimate of drug-likeness (QED) is 0.764. The first kappa shape index (κ1) is 15.4. The zero-order chi connectivity index (χ0) is 15.2. The van der Waals surface area contributed by atoms with E-state index in [-0.39, 0.29) is 12.0 Å². The van der Waals surface area contributed by atoms with E-state index in [1.165, 1.54) is 13.3 Å². The van der Waals surface area contributed by atoms with E-state index < -0.39 is 5.97 Å². The minimum absolute atomic E-state index is 0.166. The first-order valence-electron chi connectivity index (χ1n) is 7.09. The van der Waals surface area contributed by atoms with Crippen molar-refractivity contribution in [1.82, 2.24) is 9.88 Å². The van der Waals surface area contributed by atoms with Gasteiger partial charge in [-0.05, 0) is 38.4 Å². The van der Waals surface area contributed by atoms with E-state index in [1.54, 1.807) is 12.1 Å². The zero-order valence-corrected chi connectivity index (χ0v) is 12.4. The number of esters is 2. The van der Waals surface area contributed by atoms with Gasteiger partial charge in [-0.3, -0.25) is 14.7 Å². The van der Waals surface area contributed by atoms with Crippen molar-refractivity contribution in [3.8, 4) is 0 Å². The highest BCUT2D eigenvalue weighted by Gasteiger charge is 2.31. The van der Waals surface area contributed by atoms with Crippen molar-refractivity contribution in [3.05, 3.63) is 29.6 Å². The summed E-state index contributed by atoms with van der Waals surface area (Å²) in [5.74, 6) is -0.569. The van der Waals surface area contributed by atoms with E-state index in [1.807, 2.05) is 6.92 Å². The molecule has 1 aromatic heterocycles. The van der Waals surface area contributed by atoms with Gasteiger partial charge in [0.25, 0.3) is 0 Å². The fraction of sp³-hybridized carbons (Fsp3) is 0.533. The molecule has 1 unspecified atom stereocenters. The molecule has 6 heteroatoms. The first-order valence-corrected chi connectivity index (χ1v) is 7.09. The lowest BCUT2D eigenvalue weighted by Gasteiger charge is -2.22. The second kappa shape index (κ2) is 7.17.